The van der Waals surface area contributed by atoms with Gasteiger partial charge in [-0.25, -0.2) is 21.5 Å². The summed E-state index contributed by atoms with van der Waals surface area (Å²) < 4.78 is 69.3. The second kappa shape index (κ2) is 9.75. The normalized spacial score (nSPS) is 22.1. The van der Waals surface area contributed by atoms with Crippen LogP contribution >= 0.6 is 0 Å². The van der Waals surface area contributed by atoms with Gasteiger partial charge in [0.1, 0.15) is 12.2 Å². The summed E-state index contributed by atoms with van der Waals surface area (Å²) >= 11 is 0. The Morgan fingerprint density at radius 3 is 2.23 bits per heavy atom. The molecule has 0 bridgehead atoms. The van der Waals surface area contributed by atoms with E-state index < -0.39 is 38.9 Å². The minimum absolute atomic E-state index is 0.0104. The van der Waals surface area contributed by atoms with Crippen molar-refractivity contribution < 1.29 is 36.2 Å². The number of esters is 1. The zero-order valence-electron chi connectivity index (χ0n) is 18.4. The molecule has 2 heterocycles. The highest BCUT2D eigenvalue weighted by atomic mass is 32.2. The molecule has 10 heteroatoms. The standard InChI is InChI=1S/C20H35F2NO6S/c1-5-20(21,22)15-28-14-16-6-10-23(11-7-16)30(25,26)19(8-12-27-13-9-19)17(24)29-18(2,3)4/h16H,5-15H2,1-4H3. The zero-order chi connectivity index (χ0) is 22.6. The van der Waals surface area contributed by atoms with Crippen molar-refractivity contribution in [1.82, 2.24) is 4.31 Å². The number of hydrogen-bond donors (Lipinski definition) is 0. The Morgan fingerprint density at radius 1 is 1.17 bits per heavy atom. The zero-order valence-corrected chi connectivity index (χ0v) is 19.2. The van der Waals surface area contributed by atoms with Gasteiger partial charge in [-0.15, -0.1) is 0 Å². The van der Waals surface area contributed by atoms with Crippen molar-refractivity contribution in [2.75, 3.05) is 39.5 Å². The molecular formula is C20H35F2NO6S. The molecule has 0 amide bonds. The van der Waals surface area contributed by atoms with Gasteiger partial charge in [0.2, 0.25) is 10.0 Å². The molecule has 0 aromatic rings. The van der Waals surface area contributed by atoms with Crippen molar-refractivity contribution in [3.8, 4) is 0 Å². The number of carbonyl (C=O) groups is 1. The van der Waals surface area contributed by atoms with Gasteiger partial charge in [0, 0.05) is 52.2 Å². The molecular weight excluding hydrogens is 420 g/mol. The van der Waals surface area contributed by atoms with Crippen molar-refractivity contribution >= 4 is 16.0 Å². The summed E-state index contributed by atoms with van der Waals surface area (Å²) in [5, 5.41) is 0. The quantitative estimate of drug-likeness (QED) is 0.524. The summed E-state index contributed by atoms with van der Waals surface area (Å²) in [5.41, 5.74) is -0.803. The maximum Gasteiger partial charge on any atom is 0.329 e. The second-order valence-electron chi connectivity index (χ2n) is 9.18. The number of rotatable bonds is 8. The van der Waals surface area contributed by atoms with Crippen molar-refractivity contribution in [2.24, 2.45) is 5.92 Å². The Morgan fingerprint density at radius 2 is 1.73 bits per heavy atom. The molecule has 2 aliphatic rings. The molecule has 0 aliphatic carbocycles. The minimum Gasteiger partial charge on any atom is -0.459 e. The predicted octanol–water partition coefficient (Wildman–Crippen LogP) is 2.98. The van der Waals surface area contributed by atoms with Crippen molar-refractivity contribution in [1.29, 1.82) is 0 Å². The van der Waals surface area contributed by atoms with Crippen molar-refractivity contribution in [3.63, 3.8) is 0 Å². The van der Waals surface area contributed by atoms with Crippen LogP contribution in [-0.2, 0) is 29.0 Å². The Labute approximate surface area is 178 Å². The molecule has 0 saturated carbocycles. The van der Waals surface area contributed by atoms with E-state index in [4.69, 9.17) is 14.2 Å². The summed E-state index contributed by atoms with van der Waals surface area (Å²) in [7, 11) is -3.97. The van der Waals surface area contributed by atoms with Gasteiger partial charge in [-0.1, -0.05) is 6.92 Å². The first-order valence-corrected chi connectivity index (χ1v) is 12.0. The lowest BCUT2D eigenvalue weighted by molar-refractivity contribution is -0.161. The van der Waals surface area contributed by atoms with E-state index in [9.17, 15) is 22.0 Å². The largest absolute Gasteiger partial charge is 0.459 e. The summed E-state index contributed by atoms with van der Waals surface area (Å²) in [6.07, 6.45) is 0.828. The van der Waals surface area contributed by atoms with E-state index in [1.54, 1.807) is 20.8 Å². The summed E-state index contributed by atoms with van der Waals surface area (Å²) in [4.78, 5) is 13.0. The third kappa shape index (κ3) is 6.11. The van der Waals surface area contributed by atoms with Gasteiger partial charge in [-0.3, -0.25) is 4.79 Å². The molecule has 0 atom stereocenters. The summed E-state index contributed by atoms with van der Waals surface area (Å²) in [5.74, 6) is -3.56. The maximum absolute atomic E-state index is 13.5. The smallest absolute Gasteiger partial charge is 0.329 e. The van der Waals surface area contributed by atoms with Gasteiger partial charge < -0.3 is 14.2 Å². The number of carbonyl (C=O) groups excluding carboxylic acids is 1. The average molecular weight is 456 g/mol. The van der Waals surface area contributed by atoms with Gasteiger partial charge in [0.25, 0.3) is 5.92 Å². The molecule has 0 spiro atoms. The van der Waals surface area contributed by atoms with E-state index in [1.807, 2.05) is 0 Å². The number of halogens is 2. The third-order valence-corrected chi connectivity index (χ3v) is 8.27. The number of ether oxygens (including phenoxy) is 3. The molecule has 0 N–H and O–H groups in total. The molecule has 30 heavy (non-hydrogen) atoms. The summed E-state index contributed by atoms with van der Waals surface area (Å²) in [6, 6.07) is 0. The fourth-order valence-corrected chi connectivity index (χ4v) is 5.80. The van der Waals surface area contributed by atoms with Crippen LogP contribution < -0.4 is 0 Å². The van der Waals surface area contributed by atoms with Crippen LogP contribution in [0.25, 0.3) is 0 Å². The van der Waals surface area contributed by atoms with Gasteiger partial charge in [-0.2, -0.15) is 0 Å². The van der Waals surface area contributed by atoms with Gasteiger partial charge in [0.05, 0.1) is 0 Å². The second-order valence-corrected chi connectivity index (χ2v) is 11.4. The fourth-order valence-electron chi connectivity index (χ4n) is 3.68. The van der Waals surface area contributed by atoms with Gasteiger partial charge in [-0.05, 0) is 39.5 Å². The Hall–Kier alpha value is -0.840. The highest BCUT2D eigenvalue weighted by molar-refractivity contribution is 7.91. The third-order valence-electron chi connectivity index (χ3n) is 5.66. The van der Waals surface area contributed by atoms with Crippen LogP contribution in [0.5, 0.6) is 0 Å². The van der Waals surface area contributed by atoms with Crippen LogP contribution in [0.2, 0.25) is 0 Å². The number of nitrogens with zero attached hydrogens (tertiary/aromatic N) is 1. The average Bonchev–Trinajstić information content (AvgIpc) is 2.67. The van der Waals surface area contributed by atoms with E-state index in [2.05, 4.69) is 0 Å². The first-order chi connectivity index (χ1) is 13.8. The van der Waals surface area contributed by atoms with Crippen molar-refractivity contribution in [3.05, 3.63) is 0 Å². The van der Waals surface area contributed by atoms with Crippen LogP contribution in [0, 0.1) is 5.92 Å². The van der Waals surface area contributed by atoms with E-state index in [0.29, 0.717) is 12.8 Å². The van der Waals surface area contributed by atoms with Crippen molar-refractivity contribution in [2.45, 2.75) is 76.1 Å². The van der Waals surface area contributed by atoms with E-state index in [1.165, 1.54) is 11.2 Å². The minimum atomic E-state index is -3.97. The van der Waals surface area contributed by atoms with Crippen LogP contribution in [0.4, 0.5) is 8.78 Å². The molecule has 2 saturated heterocycles. The van der Waals surface area contributed by atoms with Gasteiger partial charge in [0.15, 0.2) is 4.75 Å². The molecule has 2 rings (SSSR count). The Bertz CT molecular complexity index is 678. The molecule has 0 unspecified atom stereocenters. The predicted molar refractivity (Wildman–Crippen MR) is 108 cm³/mol. The molecule has 2 fully saturated rings. The molecule has 0 aromatic carbocycles. The number of hydrogen-bond acceptors (Lipinski definition) is 6. The molecule has 0 radical (unpaired) electrons. The lowest BCUT2D eigenvalue weighted by atomic mass is 9.98. The van der Waals surface area contributed by atoms with Crippen LogP contribution in [-0.4, -0.2) is 74.5 Å². The highest BCUT2D eigenvalue weighted by Crippen LogP contribution is 2.37. The molecule has 0 aromatic heterocycles. The fraction of sp³-hybridized carbons (Fsp3) is 0.950. The van der Waals surface area contributed by atoms with Crippen LogP contribution in [0.1, 0.15) is 59.8 Å². The number of sulfonamides is 1. The van der Waals surface area contributed by atoms with E-state index in [-0.39, 0.29) is 58.1 Å². The first kappa shape index (κ1) is 25.4. The van der Waals surface area contributed by atoms with Crippen LogP contribution in [0.3, 0.4) is 0 Å². The lowest BCUT2D eigenvalue weighted by Gasteiger charge is -2.41. The first-order valence-electron chi connectivity index (χ1n) is 10.6. The topological polar surface area (TPSA) is 82.1 Å². The van der Waals surface area contributed by atoms with Gasteiger partial charge >= 0.3 is 5.97 Å². The number of piperidine rings is 1. The molecule has 2 aliphatic heterocycles. The van der Waals surface area contributed by atoms with E-state index >= 15 is 0 Å². The molecule has 7 nitrogen and oxygen atoms in total. The Balaban J connectivity index is 2.03. The van der Waals surface area contributed by atoms with E-state index in [0.717, 1.165) is 0 Å². The SMILES string of the molecule is CCC(F)(F)COCC1CCN(S(=O)(=O)C2(C(=O)OC(C)(C)C)CCOCC2)CC1. The monoisotopic (exact) mass is 455 g/mol. The molecule has 176 valence electrons. The lowest BCUT2D eigenvalue weighted by Crippen LogP contribution is -2.59. The summed E-state index contributed by atoms with van der Waals surface area (Å²) in [6.45, 7) is 6.89. The Kier molecular flexibility index (Phi) is 8.26. The number of alkyl halides is 2. The maximum atomic E-state index is 13.5. The highest BCUT2D eigenvalue weighted by Gasteiger charge is 2.56. The van der Waals surface area contributed by atoms with Crippen LogP contribution in [0.15, 0.2) is 0 Å².